The summed E-state index contributed by atoms with van der Waals surface area (Å²) in [5.41, 5.74) is 8.45. The first kappa shape index (κ1) is 19.3. The number of alkyl halides is 1. The van der Waals surface area contributed by atoms with Gasteiger partial charge < -0.3 is 5.11 Å². The number of nitrogens with one attached hydrogen (secondary N) is 1. The van der Waals surface area contributed by atoms with E-state index in [4.69, 9.17) is 10.5 Å². The van der Waals surface area contributed by atoms with E-state index in [1.54, 1.807) is 12.1 Å². The molecule has 29 heavy (non-hydrogen) atoms. The molecule has 3 unspecified atom stereocenters. The number of hydrogen-bond acceptors (Lipinski definition) is 8. The van der Waals surface area contributed by atoms with Gasteiger partial charge in [0, 0.05) is 0 Å². The van der Waals surface area contributed by atoms with Crippen LogP contribution in [0.2, 0.25) is 0 Å². The zero-order valence-corrected chi connectivity index (χ0v) is 18.3. The average Bonchev–Trinajstić information content (AvgIpc) is 2.97. The second-order valence-electron chi connectivity index (χ2n) is 7.87. The van der Waals surface area contributed by atoms with Gasteiger partial charge in [-0.15, -0.1) is 0 Å². The van der Waals surface area contributed by atoms with Gasteiger partial charge in [0.25, 0.3) is 0 Å². The Morgan fingerprint density at radius 3 is 2.72 bits per heavy atom. The van der Waals surface area contributed by atoms with Gasteiger partial charge in [0.1, 0.15) is 5.75 Å². The van der Waals surface area contributed by atoms with Crippen molar-refractivity contribution < 1.29 is 31.3 Å². The quantitative estimate of drug-likeness (QED) is 0.248. The number of piperazine rings is 1. The van der Waals surface area contributed by atoms with E-state index in [9.17, 15) is 5.11 Å². The van der Waals surface area contributed by atoms with Gasteiger partial charge in [-0.1, -0.05) is 12.1 Å². The number of rotatable bonds is 4. The number of nitrogens with two attached hydrogens (primary N) is 1. The van der Waals surface area contributed by atoms with E-state index in [0.717, 1.165) is 36.5 Å². The van der Waals surface area contributed by atoms with Gasteiger partial charge in [-0.25, -0.2) is 0 Å². The van der Waals surface area contributed by atoms with Crippen LogP contribution in [0.3, 0.4) is 0 Å². The molecule has 4 N–H and O–H groups in total. The van der Waals surface area contributed by atoms with Crippen LogP contribution in [0.25, 0.3) is 11.3 Å². The summed E-state index contributed by atoms with van der Waals surface area (Å²) < 4.78 is 10.4. The Bertz CT molecular complexity index is 864. The summed E-state index contributed by atoms with van der Waals surface area (Å²) in [7, 11) is 0. The Balaban J connectivity index is 1.35. The summed E-state index contributed by atoms with van der Waals surface area (Å²) in [5, 5.41) is 18.6. The number of aromatic hydroxyl groups is 1. The molecule has 4 heterocycles. The van der Waals surface area contributed by atoms with E-state index in [0.29, 0.717) is 35.3 Å². The number of phenols is 1. The Morgan fingerprint density at radius 1 is 1.21 bits per heavy atom. The minimum atomic E-state index is 0.0451. The van der Waals surface area contributed by atoms with E-state index in [1.165, 1.54) is 12.8 Å². The molecular formula is C20H26IN6O2-. The molecule has 3 atom stereocenters. The fourth-order valence-corrected chi connectivity index (χ4v) is 6.37. The number of aromatic nitrogens is 2. The van der Waals surface area contributed by atoms with Crippen LogP contribution in [0.15, 0.2) is 30.3 Å². The van der Waals surface area contributed by atoms with Crippen molar-refractivity contribution >= 4 is 11.5 Å². The average molecular weight is 509 g/mol. The Hall–Kier alpha value is -1.69. The van der Waals surface area contributed by atoms with Crippen molar-refractivity contribution in [1.82, 2.24) is 18.6 Å². The first-order valence-electron chi connectivity index (χ1n) is 10.0. The predicted molar refractivity (Wildman–Crippen MR) is 107 cm³/mol. The number of nitrogens with zero attached hydrogens (tertiary/aromatic N) is 4. The molecule has 2 aromatic rings. The van der Waals surface area contributed by atoms with Crippen LogP contribution < -0.4 is 35.6 Å². The molecule has 3 aliphatic rings. The standard InChI is InChI=1S/C20H26IN6O2/c22-20-18(7-17(24-25-20)16-3-1-2-4-19(16)28)26-9-13-5-6-14(10-26)27(13)11-15-8-23-21-12-29-15/h1-4,7,13-15,23,28H,5-6,8-12H2,(H2,22,25)/q-1. The van der Waals surface area contributed by atoms with Crippen LogP contribution in [0.5, 0.6) is 5.75 Å². The molecule has 0 amide bonds. The fourth-order valence-electron chi connectivity index (χ4n) is 4.66. The van der Waals surface area contributed by atoms with Gasteiger partial charge in [0.2, 0.25) is 0 Å². The van der Waals surface area contributed by atoms with Crippen molar-refractivity contribution in [1.29, 1.82) is 0 Å². The Kier molecular flexibility index (Phi) is 5.46. The summed E-state index contributed by atoms with van der Waals surface area (Å²) >= 11 is 0.0451. The first-order valence-corrected chi connectivity index (χ1v) is 12.6. The zero-order chi connectivity index (χ0) is 19.8. The van der Waals surface area contributed by atoms with Crippen molar-refractivity contribution in [2.45, 2.75) is 31.0 Å². The van der Waals surface area contributed by atoms with Crippen molar-refractivity contribution in [2.24, 2.45) is 0 Å². The molecule has 5 rings (SSSR count). The van der Waals surface area contributed by atoms with Crippen LogP contribution >= 0.6 is 0 Å². The maximum absolute atomic E-state index is 10.2. The number of benzene rings is 1. The first-order chi connectivity index (χ1) is 14.2. The summed E-state index contributed by atoms with van der Waals surface area (Å²) in [6.45, 7) is 3.85. The normalized spacial score (nSPS) is 27.6. The van der Waals surface area contributed by atoms with Gasteiger partial charge >= 0.3 is 146 Å². The molecule has 3 fully saturated rings. The molecule has 0 aliphatic carbocycles. The van der Waals surface area contributed by atoms with Crippen LogP contribution in [-0.2, 0) is 4.74 Å². The predicted octanol–water partition coefficient (Wildman–Crippen LogP) is -1.97. The molecule has 3 saturated heterocycles. The number of hydrogen-bond donors (Lipinski definition) is 3. The number of anilines is 2. The second kappa shape index (κ2) is 8.21. The summed E-state index contributed by atoms with van der Waals surface area (Å²) in [6.07, 6.45) is 2.72. The zero-order valence-electron chi connectivity index (χ0n) is 16.2. The third-order valence-electron chi connectivity index (χ3n) is 6.12. The third kappa shape index (κ3) is 3.88. The van der Waals surface area contributed by atoms with Crippen molar-refractivity contribution in [3.05, 3.63) is 30.3 Å². The van der Waals surface area contributed by atoms with Crippen molar-refractivity contribution in [3.63, 3.8) is 0 Å². The molecule has 0 saturated carbocycles. The van der Waals surface area contributed by atoms with Crippen LogP contribution in [0.1, 0.15) is 12.8 Å². The van der Waals surface area contributed by atoms with Gasteiger partial charge in [0.05, 0.1) is 0 Å². The van der Waals surface area contributed by atoms with E-state index in [2.05, 4.69) is 23.5 Å². The molecular weight excluding hydrogens is 483 g/mol. The summed E-state index contributed by atoms with van der Waals surface area (Å²) in [6, 6.07) is 10.2. The van der Waals surface area contributed by atoms with Crippen LogP contribution in [-0.4, -0.2) is 69.2 Å². The van der Waals surface area contributed by atoms with Gasteiger partial charge in [0.15, 0.2) is 0 Å². The number of nitrogen functional groups attached to an aromatic ring is 1. The van der Waals surface area contributed by atoms with E-state index >= 15 is 0 Å². The molecule has 0 radical (unpaired) electrons. The van der Waals surface area contributed by atoms with E-state index in [-0.39, 0.29) is 27.2 Å². The minimum absolute atomic E-state index is 0.0451. The van der Waals surface area contributed by atoms with Gasteiger partial charge in [-0.3, -0.25) is 0 Å². The molecule has 156 valence electrons. The molecule has 8 nitrogen and oxygen atoms in total. The van der Waals surface area contributed by atoms with E-state index in [1.807, 2.05) is 18.2 Å². The van der Waals surface area contributed by atoms with Gasteiger partial charge in [-0.05, 0) is 12.1 Å². The Morgan fingerprint density at radius 2 is 2.00 bits per heavy atom. The molecule has 1 aromatic heterocycles. The fraction of sp³-hybridized carbons (Fsp3) is 0.500. The summed E-state index contributed by atoms with van der Waals surface area (Å²) in [4.78, 5) is 4.99. The number of ether oxygens (including phenoxy) is 1. The molecule has 3 aliphatic heterocycles. The molecule has 0 spiro atoms. The number of fused-ring (bicyclic) bond motifs is 2. The third-order valence-corrected chi connectivity index (χ3v) is 7.77. The number of para-hydroxylation sites is 1. The van der Waals surface area contributed by atoms with Gasteiger partial charge in [-0.2, -0.15) is 0 Å². The monoisotopic (exact) mass is 509 g/mol. The molecule has 9 heteroatoms. The molecule has 2 bridgehead atoms. The molecule has 1 aromatic carbocycles. The maximum atomic E-state index is 10.2. The van der Waals surface area contributed by atoms with E-state index < -0.39 is 0 Å². The van der Waals surface area contributed by atoms with Crippen molar-refractivity contribution in [3.8, 4) is 17.0 Å². The SMILES string of the molecule is Nc1nnc(-c2ccccc2O)cc1N1CC2CCC(C1)N2CC1CN[I-]CO1. The van der Waals surface area contributed by atoms with Crippen LogP contribution in [0, 0.1) is 0 Å². The second-order valence-corrected chi connectivity index (χ2v) is 10.0. The number of phenolic OH excluding ortho intramolecular Hbond substituents is 1. The van der Waals surface area contributed by atoms with Crippen molar-refractivity contribution in [2.75, 3.05) is 41.4 Å². The number of halogens is 1. The summed E-state index contributed by atoms with van der Waals surface area (Å²) in [5.74, 6) is 0.645. The topological polar surface area (TPSA) is 99.8 Å². The Labute approximate surface area is 181 Å². The van der Waals surface area contributed by atoms with Crippen LogP contribution in [0.4, 0.5) is 11.5 Å².